The van der Waals surface area contributed by atoms with Crippen LogP contribution in [0.2, 0.25) is 0 Å². The van der Waals surface area contributed by atoms with Gasteiger partial charge in [-0.2, -0.15) is 0 Å². The molecule has 0 spiro atoms. The van der Waals surface area contributed by atoms with E-state index < -0.39 is 12.5 Å². The first-order valence-corrected chi connectivity index (χ1v) is 5.62. The molecule has 0 radical (unpaired) electrons. The highest BCUT2D eigenvalue weighted by Crippen LogP contribution is 2.16. The quantitative estimate of drug-likeness (QED) is 0.835. The van der Waals surface area contributed by atoms with Gasteiger partial charge in [0.05, 0.1) is 12.1 Å². The minimum absolute atomic E-state index is 0.0103. The summed E-state index contributed by atoms with van der Waals surface area (Å²) in [6, 6.07) is 2.73. The van der Waals surface area contributed by atoms with E-state index in [1.165, 1.54) is 6.92 Å². The molecule has 0 saturated carbocycles. The molecule has 1 N–H and O–H groups in total. The SMILES string of the molecule is CC(C)Oc1ncccc1CNC(C)C(F)F. The van der Waals surface area contributed by atoms with Crippen LogP contribution in [0, 0.1) is 0 Å². The van der Waals surface area contributed by atoms with Gasteiger partial charge < -0.3 is 10.1 Å². The van der Waals surface area contributed by atoms with Crippen LogP contribution in [0.5, 0.6) is 5.88 Å². The van der Waals surface area contributed by atoms with Gasteiger partial charge in [0, 0.05) is 18.3 Å². The fraction of sp³-hybridized carbons (Fsp3) is 0.583. The standard InChI is InChI=1S/C12H18F2N2O/c1-8(2)17-12-10(5-4-6-15-12)7-16-9(3)11(13)14/h4-6,8-9,11,16H,7H2,1-3H3. The van der Waals surface area contributed by atoms with E-state index in [0.29, 0.717) is 12.4 Å². The molecule has 1 rings (SSSR count). The Bertz CT molecular complexity index is 345. The third-order valence-corrected chi connectivity index (χ3v) is 2.19. The normalized spacial score (nSPS) is 13.1. The number of aromatic nitrogens is 1. The Morgan fingerprint density at radius 2 is 2.06 bits per heavy atom. The van der Waals surface area contributed by atoms with E-state index in [1.807, 2.05) is 19.9 Å². The topological polar surface area (TPSA) is 34.1 Å². The van der Waals surface area contributed by atoms with Crippen molar-refractivity contribution < 1.29 is 13.5 Å². The van der Waals surface area contributed by atoms with Gasteiger partial charge in [-0.15, -0.1) is 0 Å². The number of nitrogens with zero attached hydrogens (tertiary/aromatic N) is 1. The average molecular weight is 244 g/mol. The summed E-state index contributed by atoms with van der Waals surface area (Å²) in [7, 11) is 0. The predicted molar refractivity (Wildman–Crippen MR) is 62.3 cm³/mol. The fourth-order valence-electron chi connectivity index (χ4n) is 1.25. The Hall–Kier alpha value is -1.23. The smallest absolute Gasteiger partial charge is 0.253 e. The molecule has 3 nitrogen and oxygen atoms in total. The second-order valence-corrected chi connectivity index (χ2v) is 4.14. The van der Waals surface area contributed by atoms with Crippen molar-refractivity contribution in [1.29, 1.82) is 0 Å². The molecule has 0 aliphatic heterocycles. The maximum Gasteiger partial charge on any atom is 0.253 e. The van der Waals surface area contributed by atoms with Crippen LogP contribution in [-0.4, -0.2) is 23.6 Å². The van der Waals surface area contributed by atoms with Crippen molar-refractivity contribution in [3.63, 3.8) is 0 Å². The molecule has 1 aromatic heterocycles. The Morgan fingerprint density at radius 1 is 1.35 bits per heavy atom. The molecular weight excluding hydrogens is 226 g/mol. The van der Waals surface area contributed by atoms with E-state index in [0.717, 1.165) is 5.56 Å². The Kier molecular flexibility index (Phi) is 5.28. The first-order valence-electron chi connectivity index (χ1n) is 5.62. The Morgan fingerprint density at radius 3 is 2.65 bits per heavy atom. The van der Waals surface area contributed by atoms with Crippen molar-refractivity contribution in [2.45, 2.75) is 45.9 Å². The summed E-state index contributed by atoms with van der Waals surface area (Å²) in [4.78, 5) is 4.09. The van der Waals surface area contributed by atoms with Crippen LogP contribution in [0.4, 0.5) is 8.78 Å². The molecule has 0 bridgehead atoms. The molecule has 1 unspecified atom stereocenters. The van der Waals surface area contributed by atoms with E-state index in [1.54, 1.807) is 12.3 Å². The molecule has 0 aliphatic carbocycles. The summed E-state index contributed by atoms with van der Waals surface area (Å²) in [5.74, 6) is 0.497. The van der Waals surface area contributed by atoms with Gasteiger partial charge in [-0.05, 0) is 26.8 Å². The summed E-state index contributed by atoms with van der Waals surface area (Å²) >= 11 is 0. The molecule has 17 heavy (non-hydrogen) atoms. The zero-order valence-corrected chi connectivity index (χ0v) is 10.3. The third-order valence-electron chi connectivity index (χ3n) is 2.19. The maximum absolute atomic E-state index is 12.3. The molecule has 0 aliphatic rings. The molecular formula is C12H18F2N2O. The largest absolute Gasteiger partial charge is 0.475 e. The number of hydrogen-bond acceptors (Lipinski definition) is 3. The number of nitrogens with one attached hydrogen (secondary N) is 1. The lowest BCUT2D eigenvalue weighted by Crippen LogP contribution is -2.32. The van der Waals surface area contributed by atoms with Crippen LogP contribution in [0.25, 0.3) is 0 Å². The lowest BCUT2D eigenvalue weighted by Gasteiger charge is -2.16. The van der Waals surface area contributed by atoms with Gasteiger partial charge in [0.25, 0.3) is 6.43 Å². The molecule has 1 atom stereocenters. The second-order valence-electron chi connectivity index (χ2n) is 4.14. The molecule has 0 saturated heterocycles. The van der Waals surface area contributed by atoms with Crippen LogP contribution < -0.4 is 10.1 Å². The number of hydrogen-bond donors (Lipinski definition) is 1. The number of halogens is 2. The molecule has 1 aromatic rings. The third kappa shape index (κ3) is 4.65. The lowest BCUT2D eigenvalue weighted by atomic mass is 10.2. The highest BCUT2D eigenvalue weighted by atomic mass is 19.3. The molecule has 0 aromatic carbocycles. The van der Waals surface area contributed by atoms with Gasteiger partial charge in [0.15, 0.2) is 0 Å². The molecule has 96 valence electrons. The van der Waals surface area contributed by atoms with Gasteiger partial charge in [-0.1, -0.05) is 6.07 Å². The lowest BCUT2D eigenvalue weighted by molar-refractivity contribution is 0.105. The molecule has 1 heterocycles. The summed E-state index contributed by atoms with van der Waals surface area (Å²) in [6.07, 6.45) is -0.741. The van der Waals surface area contributed by atoms with Crippen molar-refractivity contribution in [2.24, 2.45) is 0 Å². The number of ether oxygens (including phenoxy) is 1. The number of pyridine rings is 1. The minimum atomic E-state index is -2.37. The van der Waals surface area contributed by atoms with Crippen LogP contribution in [-0.2, 0) is 6.54 Å². The minimum Gasteiger partial charge on any atom is -0.475 e. The number of rotatable bonds is 6. The monoisotopic (exact) mass is 244 g/mol. The van der Waals surface area contributed by atoms with E-state index in [-0.39, 0.29) is 6.10 Å². The highest BCUT2D eigenvalue weighted by molar-refractivity contribution is 5.25. The highest BCUT2D eigenvalue weighted by Gasteiger charge is 2.14. The van der Waals surface area contributed by atoms with Crippen molar-refractivity contribution in [3.8, 4) is 5.88 Å². The van der Waals surface area contributed by atoms with E-state index in [4.69, 9.17) is 4.74 Å². The van der Waals surface area contributed by atoms with Crippen molar-refractivity contribution in [3.05, 3.63) is 23.9 Å². The fourth-order valence-corrected chi connectivity index (χ4v) is 1.25. The van der Waals surface area contributed by atoms with Gasteiger partial charge in [0.1, 0.15) is 0 Å². The van der Waals surface area contributed by atoms with Crippen LogP contribution in [0.15, 0.2) is 18.3 Å². The predicted octanol–water partition coefficient (Wildman–Crippen LogP) is 2.61. The zero-order valence-electron chi connectivity index (χ0n) is 10.3. The number of alkyl halides is 2. The molecule has 5 heteroatoms. The summed E-state index contributed by atoms with van der Waals surface area (Å²) in [5, 5.41) is 2.74. The summed E-state index contributed by atoms with van der Waals surface area (Å²) in [6.45, 7) is 5.56. The van der Waals surface area contributed by atoms with Crippen molar-refractivity contribution >= 4 is 0 Å². The van der Waals surface area contributed by atoms with E-state index in [9.17, 15) is 8.78 Å². The first-order chi connectivity index (χ1) is 8.00. The summed E-state index contributed by atoms with van der Waals surface area (Å²) < 4.78 is 30.2. The second kappa shape index (κ2) is 6.49. The Labute approximate surface area is 100 Å². The molecule has 0 fully saturated rings. The first kappa shape index (κ1) is 13.8. The van der Waals surface area contributed by atoms with Gasteiger partial charge in [-0.3, -0.25) is 0 Å². The van der Waals surface area contributed by atoms with Crippen molar-refractivity contribution in [1.82, 2.24) is 10.3 Å². The van der Waals surface area contributed by atoms with Gasteiger partial charge in [0.2, 0.25) is 5.88 Å². The van der Waals surface area contributed by atoms with Gasteiger partial charge >= 0.3 is 0 Å². The van der Waals surface area contributed by atoms with Crippen LogP contribution >= 0.6 is 0 Å². The maximum atomic E-state index is 12.3. The van der Waals surface area contributed by atoms with E-state index >= 15 is 0 Å². The summed E-state index contributed by atoms with van der Waals surface area (Å²) in [5.41, 5.74) is 0.786. The Balaban J connectivity index is 2.63. The van der Waals surface area contributed by atoms with E-state index in [2.05, 4.69) is 10.3 Å². The molecule has 0 amide bonds. The zero-order chi connectivity index (χ0) is 12.8. The van der Waals surface area contributed by atoms with Crippen LogP contribution in [0.1, 0.15) is 26.3 Å². The van der Waals surface area contributed by atoms with Gasteiger partial charge in [-0.25, -0.2) is 13.8 Å². The van der Waals surface area contributed by atoms with Crippen molar-refractivity contribution in [2.75, 3.05) is 0 Å². The average Bonchev–Trinajstić information content (AvgIpc) is 2.26. The van der Waals surface area contributed by atoms with Crippen LogP contribution in [0.3, 0.4) is 0 Å².